The fourth-order valence-electron chi connectivity index (χ4n) is 1.60. The molecule has 0 bridgehead atoms. The monoisotopic (exact) mass is 396 g/mol. The Hall–Kier alpha value is 1.16. The quantitative estimate of drug-likeness (QED) is 0.241. The van der Waals surface area contributed by atoms with Gasteiger partial charge in [0.15, 0.2) is 0 Å². The van der Waals surface area contributed by atoms with Crippen molar-refractivity contribution in [3.63, 3.8) is 0 Å². The summed E-state index contributed by atoms with van der Waals surface area (Å²) in [5.74, 6) is -0.759. The van der Waals surface area contributed by atoms with Crippen LogP contribution in [0, 0.1) is 0 Å². The first kappa shape index (κ1) is 25.1. The number of alkyl halides is 1. The topological polar surface area (TPSA) is 57.5 Å². The summed E-state index contributed by atoms with van der Waals surface area (Å²) in [4.78, 5) is 9.36. The number of aliphatic hydroxyl groups excluding tert-OH is 1. The van der Waals surface area contributed by atoms with E-state index in [1.54, 1.807) is 22.6 Å². The van der Waals surface area contributed by atoms with E-state index in [0.29, 0.717) is 6.61 Å². The van der Waals surface area contributed by atoms with Gasteiger partial charge in [0.1, 0.15) is 0 Å². The van der Waals surface area contributed by atoms with E-state index in [0.717, 1.165) is 6.42 Å². The number of carbonyl (C=O) groups is 1. The van der Waals surface area contributed by atoms with Crippen LogP contribution in [0.2, 0.25) is 0 Å². The normalized spacial score (nSPS) is 9.21. The van der Waals surface area contributed by atoms with E-state index < -0.39 is 5.97 Å². The first-order valence-corrected chi connectivity index (χ1v) is 8.60. The summed E-state index contributed by atoms with van der Waals surface area (Å²) in [6.45, 7) is 2.63. The predicted octanol–water partition coefficient (Wildman–Crippen LogP) is 1.52. The van der Waals surface area contributed by atoms with Crippen LogP contribution in [0.25, 0.3) is 0 Å². The van der Waals surface area contributed by atoms with Crippen molar-refractivity contribution in [1.82, 2.24) is 0 Å². The van der Waals surface area contributed by atoms with Crippen LogP contribution >= 0.6 is 22.6 Å². The molecular weight excluding hydrogens is 366 g/mol. The van der Waals surface area contributed by atoms with Gasteiger partial charge in [0.05, 0.1) is 4.43 Å². The molecule has 0 saturated heterocycles. The Balaban J connectivity index is -0.000000158. The molecule has 0 heterocycles. The van der Waals surface area contributed by atoms with Gasteiger partial charge >= 0.3 is 35.5 Å². The van der Waals surface area contributed by atoms with E-state index in [1.165, 1.54) is 57.8 Å². The Labute approximate surface area is 155 Å². The summed E-state index contributed by atoms with van der Waals surface area (Å²) in [5, 5.41) is 16.3. The molecule has 5 heteroatoms. The van der Waals surface area contributed by atoms with Crippen LogP contribution in [0.1, 0.15) is 72.6 Å². The van der Waals surface area contributed by atoms with Crippen molar-refractivity contribution in [3.8, 4) is 0 Å². The van der Waals surface area contributed by atoms with Gasteiger partial charge in [-0.3, -0.25) is 4.79 Å². The number of rotatable bonds is 11. The van der Waals surface area contributed by atoms with Crippen molar-refractivity contribution in [2.24, 2.45) is 0 Å². The second-order valence-corrected chi connectivity index (χ2v) is 5.20. The Bertz CT molecular complexity index is 164. The zero-order chi connectivity index (χ0) is 14.1. The molecule has 19 heavy (non-hydrogen) atoms. The smallest absolute Gasteiger partial charge is 1.00 e. The first-order valence-electron chi connectivity index (χ1n) is 7.07. The molecular formula is C14H30INaO3. The third-order valence-electron chi connectivity index (χ3n) is 2.63. The Morgan fingerprint density at radius 3 is 1.53 bits per heavy atom. The first-order chi connectivity index (χ1) is 8.68. The Kier molecular flexibility index (Phi) is 32.0. The molecule has 0 atom stereocenters. The van der Waals surface area contributed by atoms with Gasteiger partial charge in [0, 0.05) is 6.61 Å². The van der Waals surface area contributed by atoms with E-state index in [-0.39, 0.29) is 35.4 Å². The minimum absolute atomic E-state index is 0. The minimum Gasteiger partial charge on any atom is -1.00 e. The van der Waals surface area contributed by atoms with Gasteiger partial charge in [0.2, 0.25) is 0 Å². The van der Waals surface area contributed by atoms with E-state index in [4.69, 9.17) is 10.2 Å². The maximum absolute atomic E-state index is 9.36. The van der Waals surface area contributed by atoms with Crippen LogP contribution in [0.3, 0.4) is 0 Å². The molecule has 0 rings (SSSR count). The molecule has 0 saturated carbocycles. The van der Waals surface area contributed by atoms with Crippen LogP contribution in [0.15, 0.2) is 0 Å². The largest absolute Gasteiger partial charge is 1.00 e. The van der Waals surface area contributed by atoms with Gasteiger partial charge in [-0.1, -0.05) is 87.3 Å². The van der Waals surface area contributed by atoms with Crippen LogP contribution < -0.4 is 29.6 Å². The Morgan fingerprint density at radius 1 is 0.947 bits per heavy atom. The number of aliphatic hydroxyl groups is 1. The molecule has 0 unspecified atom stereocenters. The molecule has 3 nitrogen and oxygen atoms in total. The molecule has 0 aromatic rings. The van der Waals surface area contributed by atoms with Gasteiger partial charge in [-0.15, -0.1) is 0 Å². The molecule has 0 aromatic heterocycles. The summed E-state index contributed by atoms with van der Waals surface area (Å²) in [7, 11) is 0. The molecule has 0 aliphatic carbocycles. The zero-order valence-electron chi connectivity index (χ0n) is 13.7. The molecule has 0 radical (unpaired) electrons. The van der Waals surface area contributed by atoms with Crippen molar-refractivity contribution >= 4 is 28.6 Å². The van der Waals surface area contributed by atoms with E-state index >= 15 is 0 Å². The van der Waals surface area contributed by atoms with Crippen molar-refractivity contribution in [3.05, 3.63) is 0 Å². The van der Waals surface area contributed by atoms with Gasteiger partial charge in [-0.05, 0) is 6.42 Å². The average molecular weight is 396 g/mol. The summed E-state index contributed by atoms with van der Waals surface area (Å²) in [6.07, 6.45) is 13.3. The minimum atomic E-state index is -0.759. The van der Waals surface area contributed by atoms with Crippen LogP contribution in [0.4, 0.5) is 0 Å². The van der Waals surface area contributed by atoms with E-state index in [2.05, 4.69) is 6.92 Å². The van der Waals surface area contributed by atoms with Crippen LogP contribution in [-0.4, -0.2) is 27.2 Å². The molecule has 2 N–H and O–H groups in total. The van der Waals surface area contributed by atoms with E-state index in [1.807, 2.05) is 0 Å². The molecule has 0 fully saturated rings. The number of hydrogen-bond donors (Lipinski definition) is 2. The molecule has 0 aliphatic heterocycles. The molecule has 0 aliphatic rings. The number of unbranched alkanes of at least 4 members (excludes halogenated alkanes) is 9. The maximum Gasteiger partial charge on any atom is 1.00 e. The van der Waals surface area contributed by atoms with Crippen molar-refractivity contribution in [2.75, 3.05) is 11.0 Å². The van der Waals surface area contributed by atoms with Gasteiger partial charge < -0.3 is 11.6 Å². The summed E-state index contributed by atoms with van der Waals surface area (Å²) >= 11 is 1.78. The number of halogens is 1. The third-order valence-corrected chi connectivity index (χ3v) is 3.28. The molecule has 0 spiro atoms. The van der Waals surface area contributed by atoms with Crippen LogP contribution in [0.5, 0.6) is 0 Å². The second-order valence-electron chi connectivity index (χ2n) is 4.43. The number of carboxylic acid groups (broad SMARTS) is 1. The number of aliphatic carboxylic acids is 1. The van der Waals surface area contributed by atoms with Gasteiger partial charge in [-0.25, -0.2) is 0 Å². The predicted molar refractivity (Wildman–Crippen MR) is 86.6 cm³/mol. The fraction of sp³-hybridized carbons (Fsp3) is 0.929. The average Bonchev–Trinajstić information content (AvgIpc) is 2.37. The SMILES string of the molecule is CCCCCCCCCCCCO.O=C(O)CI.[H-].[Na+]. The number of carboxylic acids is 1. The standard InChI is InChI=1S/C12H26O.C2H3IO2.Na.H/c1-2-3-4-5-6-7-8-9-10-11-12-13;3-1-2(4)5;;/h13H,2-12H2,1H3;1H2,(H,4,5);;/q;;+1;-1. The fourth-order valence-corrected chi connectivity index (χ4v) is 1.60. The maximum atomic E-state index is 9.36. The van der Waals surface area contributed by atoms with Crippen LogP contribution in [-0.2, 0) is 4.79 Å². The van der Waals surface area contributed by atoms with Crippen molar-refractivity contribution in [2.45, 2.75) is 71.1 Å². The summed E-state index contributed by atoms with van der Waals surface area (Å²) < 4.78 is 0.192. The second kappa shape index (κ2) is 24.2. The molecule has 0 amide bonds. The van der Waals surface area contributed by atoms with Crippen molar-refractivity contribution < 1.29 is 46.0 Å². The summed E-state index contributed by atoms with van der Waals surface area (Å²) in [5.41, 5.74) is 0. The van der Waals surface area contributed by atoms with Crippen molar-refractivity contribution in [1.29, 1.82) is 0 Å². The third kappa shape index (κ3) is 32.6. The molecule has 112 valence electrons. The number of hydrogen-bond acceptors (Lipinski definition) is 2. The van der Waals surface area contributed by atoms with Gasteiger partial charge in [-0.2, -0.15) is 0 Å². The van der Waals surface area contributed by atoms with E-state index in [9.17, 15) is 4.79 Å². The van der Waals surface area contributed by atoms with Gasteiger partial charge in [0.25, 0.3) is 0 Å². The molecule has 0 aromatic carbocycles. The summed E-state index contributed by atoms with van der Waals surface area (Å²) in [6, 6.07) is 0. The zero-order valence-corrected chi connectivity index (χ0v) is 16.8. The Morgan fingerprint density at radius 2 is 1.26 bits per heavy atom.